The van der Waals surface area contributed by atoms with Crippen LogP contribution < -0.4 is 0 Å². The Morgan fingerprint density at radius 2 is 0.848 bits per heavy atom. The van der Waals surface area contributed by atoms with Crippen LogP contribution in [0, 0.1) is 5.92 Å². The molecular formula is C29H60O4. The molecule has 0 heterocycles. The van der Waals surface area contributed by atoms with Gasteiger partial charge in [0.05, 0.1) is 18.3 Å². The van der Waals surface area contributed by atoms with E-state index in [1.165, 1.54) is 77.0 Å². The third-order valence-corrected chi connectivity index (χ3v) is 6.07. The summed E-state index contributed by atoms with van der Waals surface area (Å²) in [6.45, 7) is 15.1. The minimum Gasteiger partial charge on any atom is -0.396 e. The lowest BCUT2D eigenvalue weighted by molar-refractivity contribution is -0.433. The number of hydrogen-bond acceptors (Lipinski definition) is 4. The average Bonchev–Trinajstić information content (AvgIpc) is 2.71. The predicted octanol–water partition coefficient (Wildman–Crippen LogP) is 8.79. The van der Waals surface area contributed by atoms with Gasteiger partial charge in [0.2, 0.25) is 0 Å². The first kappa shape index (κ1) is 32.8. The summed E-state index contributed by atoms with van der Waals surface area (Å²) in [5, 5.41) is 8.90. The molecule has 0 saturated heterocycles. The summed E-state index contributed by atoms with van der Waals surface area (Å²) in [5.74, 6) is -0.704. The van der Waals surface area contributed by atoms with E-state index in [0.717, 1.165) is 25.7 Å². The highest BCUT2D eigenvalue weighted by Gasteiger charge is 2.44. The van der Waals surface area contributed by atoms with Crippen LogP contribution in [-0.4, -0.2) is 36.0 Å². The molecule has 1 unspecified atom stereocenters. The maximum Gasteiger partial charge on any atom is 0.286 e. The van der Waals surface area contributed by atoms with Crippen LogP contribution in [0.25, 0.3) is 0 Å². The largest absolute Gasteiger partial charge is 0.396 e. The van der Waals surface area contributed by atoms with Crippen LogP contribution in [0.3, 0.4) is 0 Å². The zero-order valence-corrected chi connectivity index (χ0v) is 23.5. The van der Waals surface area contributed by atoms with E-state index in [4.69, 9.17) is 19.3 Å². The number of unbranched alkanes of at least 4 members (excludes halogenated alkanes) is 12. The molecule has 1 atom stereocenters. The number of rotatable bonds is 24. The molecule has 0 aromatic carbocycles. The number of ether oxygens (including phenoxy) is 3. The van der Waals surface area contributed by atoms with Crippen LogP contribution in [-0.2, 0) is 14.2 Å². The number of aliphatic hydroxyl groups excluding tert-OH is 1. The highest BCUT2D eigenvalue weighted by Crippen LogP contribution is 2.37. The Balaban J connectivity index is 5.02. The Morgan fingerprint density at radius 3 is 1.18 bits per heavy atom. The Bertz CT molecular complexity index is 382. The Morgan fingerprint density at radius 1 is 0.515 bits per heavy atom. The molecule has 33 heavy (non-hydrogen) atoms. The first-order chi connectivity index (χ1) is 15.8. The van der Waals surface area contributed by atoms with E-state index in [9.17, 15) is 0 Å². The van der Waals surface area contributed by atoms with Gasteiger partial charge in [-0.1, -0.05) is 90.4 Å². The van der Waals surface area contributed by atoms with Gasteiger partial charge in [0.15, 0.2) is 0 Å². The van der Waals surface area contributed by atoms with Gasteiger partial charge in [0.1, 0.15) is 0 Å². The maximum absolute atomic E-state index is 8.90. The second kappa shape index (κ2) is 21.1. The van der Waals surface area contributed by atoms with E-state index in [-0.39, 0.29) is 24.2 Å². The molecule has 0 aromatic heterocycles. The van der Waals surface area contributed by atoms with E-state index in [1.807, 2.05) is 0 Å². The van der Waals surface area contributed by atoms with Gasteiger partial charge >= 0.3 is 0 Å². The van der Waals surface area contributed by atoms with E-state index in [2.05, 4.69) is 48.5 Å². The standard InChI is InChI=1S/C29H60O4/c1-8-9-10-11-16-19-22-28(23-20-17-14-12-13-15-18-21-24-30)29(31-25(2)3,32-26(4)5)33-27(6)7/h25-28,30H,8-24H2,1-7H3. The van der Waals surface area contributed by atoms with Crippen molar-refractivity contribution in [2.75, 3.05) is 6.61 Å². The Kier molecular flexibility index (Phi) is 21.0. The van der Waals surface area contributed by atoms with Crippen LogP contribution in [0.1, 0.15) is 151 Å². The van der Waals surface area contributed by atoms with Gasteiger partial charge in [-0.2, -0.15) is 0 Å². The quantitative estimate of drug-likeness (QED) is 0.113. The van der Waals surface area contributed by atoms with Crippen LogP contribution >= 0.6 is 0 Å². The predicted molar refractivity (Wildman–Crippen MR) is 142 cm³/mol. The van der Waals surface area contributed by atoms with E-state index < -0.39 is 5.97 Å². The summed E-state index contributed by atoms with van der Waals surface area (Å²) in [7, 11) is 0. The van der Waals surface area contributed by atoms with Crippen LogP contribution in [0.4, 0.5) is 0 Å². The van der Waals surface area contributed by atoms with Gasteiger partial charge < -0.3 is 19.3 Å². The van der Waals surface area contributed by atoms with Crippen molar-refractivity contribution in [2.45, 2.75) is 175 Å². The zero-order chi connectivity index (χ0) is 25.0. The van der Waals surface area contributed by atoms with Crippen molar-refractivity contribution in [3.8, 4) is 0 Å². The summed E-state index contributed by atoms with van der Waals surface area (Å²) >= 11 is 0. The molecule has 0 fully saturated rings. The SMILES string of the molecule is CCCCCCCCC(CCCCCCCCCCO)C(OC(C)C)(OC(C)C)OC(C)C. The highest BCUT2D eigenvalue weighted by atomic mass is 16.9. The maximum atomic E-state index is 8.90. The summed E-state index contributed by atoms with van der Waals surface area (Å²) in [4.78, 5) is 0. The molecule has 4 nitrogen and oxygen atoms in total. The summed E-state index contributed by atoms with van der Waals surface area (Å²) in [6, 6.07) is 0. The van der Waals surface area contributed by atoms with Crippen molar-refractivity contribution in [3.05, 3.63) is 0 Å². The molecule has 1 N–H and O–H groups in total. The smallest absolute Gasteiger partial charge is 0.286 e. The fourth-order valence-corrected chi connectivity index (χ4v) is 4.59. The molecule has 0 aliphatic rings. The van der Waals surface area contributed by atoms with Crippen LogP contribution in [0.2, 0.25) is 0 Å². The lowest BCUT2D eigenvalue weighted by atomic mass is 9.91. The Hall–Kier alpha value is -0.160. The minimum absolute atomic E-state index is 0.0495. The van der Waals surface area contributed by atoms with Crippen LogP contribution in [0.15, 0.2) is 0 Å². The van der Waals surface area contributed by atoms with E-state index in [0.29, 0.717) is 6.61 Å². The first-order valence-corrected chi connectivity index (χ1v) is 14.4. The molecular weight excluding hydrogens is 412 g/mol. The average molecular weight is 473 g/mol. The molecule has 0 aromatic rings. The monoisotopic (exact) mass is 472 g/mol. The fourth-order valence-electron chi connectivity index (χ4n) is 4.59. The molecule has 0 amide bonds. The molecule has 0 bridgehead atoms. The molecule has 0 spiro atoms. The van der Waals surface area contributed by atoms with Gasteiger partial charge in [-0.15, -0.1) is 0 Å². The molecule has 0 aliphatic heterocycles. The molecule has 0 radical (unpaired) electrons. The minimum atomic E-state index is -0.954. The zero-order valence-electron chi connectivity index (χ0n) is 23.5. The van der Waals surface area contributed by atoms with Crippen molar-refractivity contribution in [1.82, 2.24) is 0 Å². The topological polar surface area (TPSA) is 47.9 Å². The highest BCUT2D eigenvalue weighted by molar-refractivity contribution is 4.76. The van der Waals surface area contributed by atoms with Gasteiger partial charge in [0, 0.05) is 12.5 Å². The first-order valence-electron chi connectivity index (χ1n) is 14.4. The van der Waals surface area contributed by atoms with E-state index in [1.54, 1.807) is 0 Å². The fraction of sp³-hybridized carbons (Fsp3) is 1.00. The van der Waals surface area contributed by atoms with Crippen molar-refractivity contribution in [1.29, 1.82) is 0 Å². The molecule has 0 saturated carbocycles. The second-order valence-corrected chi connectivity index (χ2v) is 10.7. The summed E-state index contributed by atoms with van der Waals surface area (Å²) in [6.07, 6.45) is 19.8. The van der Waals surface area contributed by atoms with Gasteiger partial charge in [0.25, 0.3) is 5.97 Å². The number of hydrogen-bond donors (Lipinski definition) is 1. The lowest BCUT2D eigenvalue weighted by Gasteiger charge is -2.43. The molecule has 0 aliphatic carbocycles. The Labute approximate surface area is 207 Å². The third kappa shape index (κ3) is 17.9. The van der Waals surface area contributed by atoms with E-state index >= 15 is 0 Å². The second-order valence-electron chi connectivity index (χ2n) is 10.7. The molecule has 200 valence electrons. The van der Waals surface area contributed by atoms with Crippen molar-refractivity contribution < 1.29 is 19.3 Å². The molecule has 4 heteroatoms. The third-order valence-electron chi connectivity index (χ3n) is 6.07. The number of aliphatic hydroxyl groups is 1. The van der Waals surface area contributed by atoms with Gasteiger partial charge in [-0.25, -0.2) is 0 Å². The van der Waals surface area contributed by atoms with Crippen molar-refractivity contribution in [3.63, 3.8) is 0 Å². The summed E-state index contributed by atoms with van der Waals surface area (Å²) < 4.78 is 19.5. The van der Waals surface area contributed by atoms with Crippen molar-refractivity contribution in [2.24, 2.45) is 5.92 Å². The summed E-state index contributed by atoms with van der Waals surface area (Å²) in [5.41, 5.74) is 0. The van der Waals surface area contributed by atoms with Crippen molar-refractivity contribution >= 4 is 0 Å². The van der Waals surface area contributed by atoms with Crippen LogP contribution in [0.5, 0.6) is 0 Å². The van der Waals surface area contributed by atoms with Gasteiger partial charge in [-0.05, 0) is 60.8 Å². The normalized spacial score (nSPS) is 13.5. The molecule has 0 rings (SSSR count). The van der Waals surface area contributed by atoms with Gasteiger partial charge in [-0.3, -0.25) is 0 Å². The lowest BCUT2D eigenvalue weighted by Crippen LogP contribution is -2.50.